The number of nitrogens with one attached hydrogen (secondary N) is 1. The Morgan fingerprint density at radius 1 is 1.35 bits per heavy atom. The van der Waals surface area contributed by atoms with Crippen molar-refractivity contribution in [2.45, 2.75) is 44.2 Å². The highest BCUT2D eigenvalue weighted by molar-refractivity contribution is 6.39. The molecule has 1 aliphatic carbocycles. The Kier molecular flexibility index (Phi) is 5.98. The van der Waals surface area contributed by atoms with Crippen molar-refractivity contribution in [1.82, 2.24) is 15.1 Å². The van der Waals surface area contributed by atoms with Crippen LogP contribution in [0.5, 0.6) is 5.88 Å². The zero-order valence-corrected chi connectivity index (χ0v) is 16.4. The lowest BCUT2D eigenvalue weighted by Gasteiger charge is -2.28. The molecule has 8 heteroatoms. The molecule has 3 rings (SSSR count). The summed E-state index contributed by atoms with van der Waals surface area (Å²) in [6, 6.07) is 6.50. The minimum Gasteiger partial charge on any atom is -0.486 e. The summed E-state index contributed by atoms with van der Waals surface area (Å²) in [5, 5.41) is 7.44. The molecule has 1 N–H and O–H groups in total. The van der Waals surface area contributed by atoms with Gasteiger partial charge in [0.15, 0.2) is 15.7 Å². The summed E-state index contributed by atoms with van der Waals surface area (Å²) in [4.78, 5) is 0. The van der Waals surface area contributed by atoms with E-state index in [9.17, 15) is 4.39 Å². The molecule has 1 aliphatic rings. The quantitative estimate of drug-likeness (QED) is 0.753. The van der Waals surface area contributed by atoms with Crippen LogP contribution in [0.3, 0.4) is 0 Å². The molecule has 1 saturated carbocycles. The van der Waals surface area contributed by atoms with Gasteiger partial charge in [-0.1, -0.05) is 24.4 Å². The topological polar surface area (TPSA) is 39.1 Å². The molecule has 0 amide bonds. The molecule has 1 aromatic carbocycles. The zero-order valence-electron chi connectivity index (χ0n) is 15.7. The number of ether oxygens (including phenoxy) is 1. The van der Waals surface area contributed by atoms with Crippen molar-refractivity contribution in [2.24, 2.45) is 5.92 Å². The van der Waals surface area contributed by atoms with E-state index in [2.05, 4.69) is 5.32 Å². The second-order valence-electron chi connectivity index (χ2n) is 7.57. The summed E-state index contributed by atoms with van der Waals surface area (Å²) in [6.45, 7) is 1.51. The maximum Gasteiger partial charge on any atom is 0.211 e. The lowest BCUT2D eigenvalue weighted by Crippen LogP contribution is -2.36. The molecular formula is C18H25B2ClFN3O. The number of hydrogen-bond donors (Lipinski definition) is 1. The largest absolute Gasteiger partial charge is 0.486 e. The molecule has 0 aliphatic heterocycles. The molecule has 0 unspecified atom stereocenters. The number of nitrogens with zero attached hydrogens (tertiary/aromatic N) is 2. The number of hydrogen-bond acceptors (Lipinski definition) is 3. The van der Waals surface area contributed by atoms with Crippen molar-refractivity contribution in [3.05, 3.63) is 46.4 Å². The third-order valence-corrected chi connectivity index (χ3v) is 5.23. The first-order valence-electron chi connectivity index (χ1n) is 9.25. The van der Waals surface area contributed by atoms with Crippen LogP contribution in [0.2, 0.25) is 5.02 Å². The smallest absolute Gasteiger partial charge is 0.211 e. The van der Waals surface area contributed by atoms with Crippen molar-refractivity contribution in [2.75, 3.05) is 7.05 Å². The van der Waals surface area contributed by atoms with Crippen molar-refractivity contribution >= 4 is 27.3 Å². The van der Waals surface area contributed by atoms with Crippen LogP contribution in [0.1, 0.15) is 36.9 Å². The van der Waals surface area contributed by atoms with Gasteiger partial charge in [0.25, 0.3) is 0 Å². The highest BCUT2D eigenvalue weighted by atomic mass is 35.5. The Morgan fingerprint density at radius 2 is 2.08 bits per heavy atom. The summed E-state index contributed by atoms with van der Waals surface area (Å²) in [5.41, 5.74) is 1.36. The van der Waals surface area contributed by atoms with Crippen molar-refractivity contribution < 1.29 is 9.13 Å². The normalized spacial score (nSPS) is 15.5. The van der Waals surface area contributed by atoms with Gasteiger partial charge < -0.3 is 10.1 Å². The molecule has 0 bridgehead atoms. The average Bonchev–Trinajstić information content (AvgIpc) is 3.21. The van der Waals surface area contributed by atoms with Gasteiger partial charge in [0.2, 0.25) is 5.88 Å². The third-order valence-electron chi connectivity index (χ3n) is 4.99. The van der Waals surface area contributed by atoms with E-state index in [-0.39, 0.29) is 5.82 Å². The van der Waals surface area contributed by atoms with Gasteiger partial charge in [-0.25, -0.2) is 9.07 Å². The Balaban J connectivity index is 1.87. The molecular weight excluding hydrogens is 350 g/mol. The van der Waals surface area contributed by atoms with Crippen molar-refractivity contribution in [3.63, 3.8) is 0 Å². The van der Waals surface area contributed by atoms with E-state index < -0.39 is 5.40 Å². The van der Waals surface area contributed by atoms with E-state index in [1.54, 1.807) is 12.1 Å². The van der Waals surface area contributed by atoms with E-state index in [4.69, 9.17) is 21.4 Å². The predicted molar refractivity (Wildman–Crippen MR) is 108 cm³/mol. The van der Waals surface area contributed by atoms with Crippen LogP contribution in [0.4, 0.5) is 4.39 Å². The van der Waals surface area contributed by atoms with Crippen LogP contribution in [0.25, 0.3) is 0 Å². The molecule has 4 nitrogen and oxygen atoms in total. The van der Waals surface area contributed by atoms with Crippen LogP contribution in [0, 0.1) is 11.7 Å². The average molecular weight is 375 g/mol. The van der Waals surface area contributed by atoms with Gasteiger partial charge in [0.1, 0.15) is 5.82 Å². The van der Waals surface area contributed by atoms with Gasteiger partial charge in [0, 0.05) is 29.7 Å². The third kappa shape index (κ3) is 4.44. The standard InChI is InChI=1S/C18H25B2ClFN3O/c1-23-10-14-9-17(25(24-14)11-12-4-2-3-5-12)26-18(19,20)15-8-13(21)6-7-16(15)22/h6-9,12,23H,2-5,10-11,19-20H2,1H3. The second-order valence-corrected chi connectivity index (χ2v) is 8.01. The van der Waals surface area contributed by atoms with Crippen LogP contribution in [-0.4, -0.2) is 32.5 Å². The monoisotopic (exact) mass is 375 g/mol. The van der Waals surface area contributed by atoms with Gasteiger partial charge in [0.05, 0.1) is 11.1 Å². The SMILES string of the molecule is BC(B)(Oc1cc(CNC)nn1CC1CCCC1)c1cc(Cl)ccc1F. The highest BCUT2D eigenvalue weighted by Crippen LogP contribution is 2.31. The lowest BCUT2D eigenvalue weighted by atomic mass is 9.61. The van der Waals surface area contributed by atoms with Crippen molar-refractivity contribution in [1.29, 1.82) is 0 Å². The van der Waals surface area contributed by atoms with E-state index in [1.165, 1.54) is 31.7 Å². The molecule has 2 aromatic rings. The minimum absolute atomic E-state index is 0.322. The van der Waals surface area contributed by atoms with Gasteiger partial charge in [-0.15, -0.1) is 0 Å². The Morgan fingerprint density at radius 3 is 2.77 bits per heavy atom. The van der Waals surface area contributed by atoms with Crippen molar-refractivity contribution in [3.8, 4) is 5.88 Å². The fraction of sp³-hybridized carbons (Fsp3) is 0.500. The summed E-state index contributed by atoms with van der Waals surface area (Å²) >= 11 is 6.07. The van der Waals surface area contributed by atoms with Crippen LogP contribution in [-0.2, 0) is 18.5 Å². The molecule has 0 radical (unpaired) electrons. The molecule has 1 fully saturated rings. The fourth-order valence-corrected chi connectivity index (χ4v) is 3.82. The maximum absolute atomic E-state index is 14.4. The highest BCUT2D eigenvalue weighted by Gasteiger charge is 2.29. The number of rotatable bonds is 7. The molecule has 0 saturated heterocycles. The summed E-state index contributed by atoms with van der Waals surface area (Å²) < 4.78 is 22.6. The minimum atomic E-state index is -0.862. The van der Waals surface area contributed by atoms with Crippen LogP contribution >= 0.6 is 11.6 Å². The first kappa shape index (κ1) is 19.3. The molecule has 26 heavy (non-hydrogen) atoms. The van der Waals surface area contributed by atoms with Gasteiger partial charge in [-0.2, -0.15) is 5.10 Å². The molecule has 138 valence electrons. The summed E-state index contributed by atoms with van der Waals surface area (Å²) in [6.07, 6.45) is 5.02. The van der Waals surface area contributed by atoms with Gasteiger partial charge >= 0.3 is 0 Å². The molecule has 0 spiro atoms. The Bertz CT molecular complexity index is 763. The van der Waals surface area contributed by atoms with Gasteiger partial charge in [-0.05, 0) is 44.0 Å². The van der Waals surface area contributed by atoms with E-state index in [0.717, 1.165) is 12.2 Å². The molecule has 0 atom stereocenters. The zero-order chi connectivity index (χ0) is 18.7. The Labute approximate surface area is 161 Å². The maximum atomic E-state index is 14.4. The van der Waals surface area contributed by atoms with Gasteiger partial charge in [-0.3, -0.25) is 0 Å². The number of benzene rings is 1. The summed E-state index contributed by atoms with van der Waals surface area (Å²) in [5.74, 6) is 0.980. The molecule has 1 aromatic heterocycles. The first-order chi connectivity index (χ1) is 12.4. The number of aromatic nitrogens is 2. The lowest BCUT2D eigenvalue weighted by molar-refractivity contribution is 0.208. The van der Waals surface area contributed by atoms with E-state index in [1.807, 2.05) is 33.5 Å². The second kappa shape index (κ2) is 8.05. The molecule has 1 heterocycles. The van der Waals surface area contributed by atoms with Crippen LogP contribution < -0.4 is 10.1 Å². The van der Waals surface area contributed by atoms with E-state index >= 15 is 0 Å². The first-order valence-corrected chi connectivity index (χ1v) is 9.62. The fourth-order valence-electron chi connectivity index (χ4n) is 3.64. The Hall–Kier alpha value is -1.46. The number of halogens is 2. The predicted octanol–water partition coefficient (Wildman–Crippen LogP) is 2.04. The summed E-state index contributed by atoms with van der Waals surface area (Å²) in [7, 11) is 5.60. The van der Waals surface area contributed by atoms with E-state index in [0.29, 0.717) is 28.9 Å². The van der Waals surface area contributed by atoms with Crippen LogP contribution in [0.15, 0.2) is 24.3 Å².